The van der Waals surface area contributed by atoms with Crippen LogP contribution in [0.2, 0.25) is 5.02 Å². The van der Waals surface area contributed by atoms with Crippen LogP contribution < -0.4 is 5.73 Å². The van der Waals surface area contributed by atoms with Crippen molar-refractivity contribution in [1.82, 2.24) is 0 Å². The number of nitrogens with two attached hydrogens (primary N) is 1. The maximum Gasteiger partial charge on any atom is 0.271 e. The Balaban J connectivity index is 2.61. The van der Waals surface area contributed by atoms with E-state index in [0.29, 0.717) is 0 Å². The second-order valence-electron chi connectivity index (χ2n) is 3.95. The number of hydrogen-bond donors (Lipinski definition) is 1. The zero-order valence-corrected chi connectivity index (χ0v) is 10.7. The summed E-state index contributed by atoms with van der Waals surface area (Å²) in [5.74, 6) is -1.49. The predicted molar refractivity (Wildman–Crippen MR) is 72.4 cm³/mol. The minimum Gasteiger partial charge on any atom is -0.397 e. The van der Waals surface area contributed by atoms with Crippen LogP contribution in [0, 0.1) is 15.9 Å². The first-order chi connectivity index (χ1) is 9.41. The van der Waals surface area contributed by atoms with Crippen LogP contribution in [-0.2, 0) is 0 Å². The summed E-state index contributed by atoms with van der Waals surface area (Å²) in [4.78, 5) is 22.3. The smallest absolute Gasteiger partial charge is 0.271 e. The van der Waals surface area contributed by atoms with Crippen LogP contribution in [0.25, 0.3) is 0 Å². The molecule has 5 nitrogen and oxygen atoms in total. The summed E-state index contributed by atoms with van der Waals surface area (Å²) in [7, 11) is 0. The zero-order valence-electron chi connectivity index (χ0n) is 9.97. The van der Waals surface area contributed by atoms with Gasteiger partial charge in [0.15, 0.2) is 5.78 Å². The number of nitrogen functional groups attached to an aromatic ring is 1. The minimum atomic E-state index is -0.758. The van der Waals surface area contributed by atoms with Gasteiger partial charge in [-0.2, -0.15) is 0 Å². The van der Waals surface area contributed by atoms with Gasteiger partial charge in [0.25, 0.3) is 5.69 Å². The number of nitro benzene ring substituents is 1. The third-order valence-electron chi connectivity index (χ3n) is 2.69. The zero-order chi connectivity index (χ0) is 14.9. The topological polar surface area (TPSA) is 86.2 Å². The van der Waals surface area contributed by atoms with Crippen molar-refractivity contribution < 1.29 is 14.1 Å². The molecule has 0 aliphatic heterocycles. The maximum absolute atomic E-state index is 13.6. The molecule has 7 heteroatoms. The Hall–Kier alpha value is -2.47. The lowest BCUT2D eigenvalue weighted by atomic mass is 10.0. The minimum absolute atomic E-state index is 0.120. The summed E-state index contributed by atoms with van der Waals surface area (Å²) in [6.45, 7) is 0. The maximum atomic E-state index is 13.6. The Morgan fingerprint density at radius 1 is 1.25 bits per heavy atom. The highest BCUT2D eigenvalue weighted by atomic mass is 35.5. The molecule has 0 aromatic heterocycles. The monoisotopic (exact) mass is 294 g/mol. The van der Waals surface area contributed by atoms with Crippen molar-refractivity contribution in [3.05, 3.63) is 68.5 Å². The average molecular weight is 295 g/mol. The Morgan fingerprint density at radius 3 is 2.50 bits per heavy atom. The van der Waals surface area contributed by atoms with E-state index in [2.05, 4.69) is 0 Å². The first-order valence-corrected chi connectivity index (χ1v) is 5.82. The van der Waals surface area contributed by atoms with Gasteiger partial charge in [-0.1, -0.05) is 23.7 Å². The van der Waals surface area contributed by atoms with Crippen LogP contribution in [0.5, 0.6) is 0 Å². The number of nitrogens with zero attached hydrogens (tertiary/aromatic N) is 1. The van der Waals surface area contributed by atoms with E-state index in [1.807, 2.05) is 0 Å². The molecule has 2 aromatic rings. The molecule has 0 radical (unpaired) electrons. The molecule has 0 heterocycles. The Bertz CT molecular complexity index is 719. The van der Waals surface area contributed by atoms with Crippen molar-refractivity contribution in [1.29, 1.82) is 0 Å². The van der Waals surface area contributed by atoms with E-state index in [1.54, 1.807) is 0 Å². The van der Waals surface area contributed by atoms with Crippen molar-refractivity contribution >= 4 is 28.8 Å². The summed E-state index contributed by atoms with van der Waals surface area (Å²) >= 11 is 5.76. The number of carbonyl (C=O) groups is 1. The number of halogens is 2. The molecule has 0 amide bonds. The molecule has 0 atom stereocenters. The van der Waals surface area contributed by atoms with Crippen LogP contribution in [0.1, 0.15) is 15.9 Å². The molecule has 2 aromatic carbocycles. The van der Waals surface area contributed by atoms with Gasteiger partial charge in [-0.05, 0) is 12.1 Å². The summed E-state index contributed by atoms with van der Waals surface area (Å²) in [6.07, 6.45) is 0. The van der Waals surface area contributed by atoms with Crippen molar-refractivity contribution in [2.24, 2.45) is 0 Å². The van der Waals surface area contributed by atoms with E-state index in [4.69, 9.17) is 17.3 Å². The number of nitro groups is 1. The van der Waals surface area contributed by atoms with Gasteiger partial charge in [-0.25, -0.2) is 4.39 Å². The largest absolute Gasteiger partial charge is 0.397 e. The number of anilines is 1. The number of carbonyl (C=O) groups excluding carboxylic acids is 1. The van der Waals surface area contributed by atoms with Crippen LogP contribution in [0.3, 0.4) is 0 Å². The Labute approximate surface area is 117 Å². The summed E-state index contributed by atoms with van der Waals surface area (Å²) < 4.78 is 13.6. The number of rotatable bonds is 3. The molecule has 0 aliphatic rings. The number of non-ortho nitro benzene ring substituents is 1. The van der Waals surface area contributed by atoms with E-state index in [0.717, 1.165) is 18.2 Å². The second kappa shape index (κ2) is 5.26. The molecule has 0 fully saturated rings. The number of hydrogen-bond acceptors (Lipinski definition) is 4. The van der Waals surface area contributed by atoms with Crippen molar-refractivity contribution in [2.45, 2.75) is 0 Å². The molecule has 0 aliphatic carbocycles. The quantitative estimate of drug-likeness (QED) is 0.407. The fourth-order valence-corrected chi connectivity index (χ4v) is 1.90. The van der Waals surface area contributed by atoms with E-state index < -0.39 is 16.5 Å². The summed E-state index contributed by atoms with van der Waals surface area (Å²) in [5, 5.41) is 10.6. The Morgan fingerprint density at radius 2 is 1.90 bits per heavy atom. The first kappa shape index (κ1) is 14.0. The number of benzene rings is 2. The third kappa shape index (κ3) is 2.46. The van der Waals surface area contributed by atoms with E-state index >= 15 is 0 Å². The standard InChI is InChI=1S/C13H8ClFN2O3/c14-10-6-7(17(19)20)5-9(12(10)16)13(18)8-3-1-2-4-11(8)15/h1-6H,16H2. The Kier molecular flexibility index (Phi) is 3.67. The molecular weight excluding hydrogens is 287 g/mol. The van der Waals surface area contributed by atoms with Gasteiger partial charge in [-0.15, -0.1) is 0 Å². The summed E-state index contributed by atoms with van der Waals surface area (Å²) in [6, 6.07) is 7.30. The second-order valence-corrected chi connectivity index (χ2v) is 4.36. The van der Waals surface area contributed by atoms with Crippen molar-refractivity contribution in [2.75, 3.05) is 5.73 Å². The van der Waals surface area contributed by atoms with Crippen molar-refractivity contribution in [3.63, 3.8) is 0 Å². The van der Waals surface area contributed by atoms with Crippen LogP contribution in [0.15, 0.2) is 36.4 Å². The average Bonchev–Trinajstić information content (AvgIpc) is 2.41. The summed E-state index contributed by atoms with van der Waals surface area (Å²) in [5.41, 5.74) is 4.71. The molecule has 0 bridgehead atoms. The lowest BCUT2D eigenvalue weighted by Gasteiger charge is -2.07. The normalized spacial score (nSPS) is 10.3. The molecule has 0 unspecified atom stereocenters. The van der Waals surface area contributed by atoms with Crippen LogP contribution in [0.4, 0.5) is 15.8 Å². The van der Waals surface area contributed by atoms with Gasteiger partial charge in [0.2, 0.25) is 0 Å². The van der Waals surface area contributed by atoms with Gasteiger partial charge >= 0.3 is 0 Å². The van der Waals surface area contributed by atoms with Crippen molar-refractivity contribution in [3.8, 4) is 0 Å². The van der Waals surface area contributed by atoms with Crippen LogP contribution >= 0.6 is 11.6 Å². The van der Waals surface area contributed by atoms with Gasteiger partial charge in [0, 0.05) is 12.1 Å². The van der Waals surface area contributed by atoms with E-state index in [1.165, 1.54) is 18.2 Å². The molecule has 0 saturated carbocycles. The molecule has 0 spiro atoms. The van der Waals surface area contributed by atoms with Gasteiger partial charge in [0.1, 0.15) is 5.82 Å². The molecule has 20 heavy (non-hydrogen) atoms. The molecule has 2 rings (SSSR count). The van der Waals surface area contributed by atoms with E-state index in [9.17, 15) is 19.3 Å². The molecular formula is C13H8ClFN2O3. The molecule has 0 saturated heterocycles. The van der Waals surface area contributed by atoms with Crippen LogP contribution in [-0.4, -0.2) is 10.7 Å². The van der Waals surface area contributed by atoms with Gasteiger partial charge in [0.05, 0.1) is 26.8 Å². The van der Waals surface area contributed by atoms with Gasteiger partial charge in [-0.3, -0.25) is 14.9 Å². The molecule has 102 valence electrons. The fourth-order valence-electron chi connectivity index (χ4n) is 1.69. The third-order valence-corrected chi connectivity index (χ3v) is 3.00. The highest BCUT2D eigenvalue weighted by Gasteiger charge is 2.21. The number of ketones is 1. The SMILES string of the molecule is Nc1c(Cl)cc([N+](=O)[O-])cc1C(=O)c1ccccc1F. The first-order valence-electron chi connectivity index (χ1n) is 5.44. The van der Waals surface area contributed by atoms with E-state index in [-0.39, 0.29) is 27.5 Å². The lowest BCUT2D eigenvalue weighted by Crippen LogP contribution is -2.08. The van der Waals surface area contributed by atoms with Gasteiger partial charge < -0.3 is 5.73 Å². The highest BCUT2D eigenvalue weighted by molar-refractivity contribution is 6.34. The predicted octanol–water partition coefficient (Wildman–Crippen LogP) is 3.20. The molecule has 2 N–H and O–H groups in total. The fraction of sp³-hybridized carbons (Fsp3) is 0. The highest BCUT2D eigenvalue weighted by Crippen LogP contribution is 2.30. The lowest BCUT2D eigenvalue weighted by molar-refractivity contribution is -0.384.